The Balaban J connectivity index is 1.78. The maximum Gasteiger partial charge on any atom is 0.327 e. The van der Waals surface area contributed by atoms with Crippen LogP contribution in [0.1, 0.15) is 31.2 Å². The number of aliphatic carboxylic acids is 1. The zero-order chi connectivity index (χ0) is 18.4. The van der Waals surface area contributed by atoms with Crippen LogP contribution in [0.4, 0.5) is 0 Å². The second kappa shape index (κ2) is 8.48. The first-order valence-electron chi connectivity index (χ1n) is 9.04. The van der Waals surface area contributed by atoms with Gasteiger partial charge in [0.15, 0.2) is 0 Å². The number of hydrogen-bond donors (Lipinski definition) is 1. The summed E-state index contributed by atoms with van der Waals surface area (Å²) in [7, 11) is 2.12. The number of carboxylic acid groups (broad SMARTS) is 1. The van der Waals surface area contributed by atoms with E-state index >= 15 is 0 Å². The maximum atomic E-state index is 10.5. The number of fused-ring (bicyclic) bond motifs is 1. The van der Waals surface area contributed by atoms with Crippen LogP contribution in [0.15, 0.2) is 60.9 Å². The molecule has 0 aliphatic carbocycles. The minimum Gasteiger partial charge on any atom is -0.478 e. The van der Waals surface area contributed by atoms with Gasteiger partial charge in [-0.1, -0.05) is 30.7 Å². The van der Waals surface area contributed by atoms with Crippen molar-refractivity contribution in [3.63, 3.8) is 0 Å². The van der Waals surface area contributed by atoms with E-state index in [2.05, 4.69) is 46.9 Å². The molecule has 0 aliphatic heterocycles. The molecule has 134 valence electrons. The minimum atomic E-state index is -0.873. The second-order valence-corrected chi connectivity index (χ2v) is 6.48. The quantitative estimate of drug-likeness (QED) is 0.461. The van der Waals surface area contributed by atoms with Crippen molar-refractivity contribution in [2.45, 2.75) is 32.1 Å². The minimum absolute atomic E-state index is 0.817. The number of pyridine rings is 1. The molecule has 0 atom stereocenters. The van der Waals surface area contributed by atoms with Crippen molar-refractivity contribution in [3.05, 3.63) is 66.5 Å². The van der Waals surface area contributed by atoms with Crippen LogP contribution < -0.4 is 0 Å². The Morgan fingerprint density at radius 1 is 1.15 bits per heavy atom. The zero-order valence-corrected chi connectivity index (χ0v) is 15.1. The van der Waals surface area contributed by atoms with E-state index in [1.54, 1.807) is 12.3 Å². The van der Waals surface area contributed by atoms with Crippen LogP contribution in [0.25, 0.3) is 22.2 Å². The molecule has 2 aromatic heterocycles. The lowest BCUT2D eigenvalue weighted by Gasteiger charge is -2.08. The van der Waals surface area contributed by atoms with E-state index in [1.807, 2.05) is 12.3 Å². The average molecular weight is 348 g/mol. The number of carboxylic acids is 1. The predicted octanol–water partition coefficient (Wildman–Crippen LogP) is 4.98. The zero-order valence-electron chi connectivity index (χ0n) is 15.1. The van der Waals surface area contributed by atoms with Crippen LogP contribution >= 0.6 is 0 Å². The number of benzene rings is 1. The summed E-state index contributed by atoms with van der Waals surface area (Å²) in [5, 5.41) is 9.92. The Morgan fingerprint density at radius 2 is 2.00 bits per heavy atom. The lowest BCUT2D eigenvalue weighted by Crippen LogP contribution is -1.95. The Morgan fingerprint density at radius 3 is 2.77 bits per heavy atom. The fraction of sp³-hybridized carbons (Fsp3) is 0.273. The summed E-state index contributed by atoms with van der Waals surface area (Å²) in [6, 6.07) is 12.6. The number of para-hydroxylation sites is 1. The molecule has 0 aliphatic rings. The standard InChI is InChI=1S/C22H24N2O2/c1-24-20-13-8-7-11-18(20)19(22(24)17-10-9-15-23-16-17)12-5-3-2-4-6-14-21(25)26/h6-11,13-16H,2-5,12H2,1H3,(H,25,26)/b14-6+. The molecule has 0 bridgehead atoms. The summed E-state index contributed by atoms with van der Waals surface area (Å²) in [6.45, 7) is 0. The Bertz CT molecular complexity index is 911. The van der Waals surface area contributed by atoms with E-state index < -0.39 is 5.97 Å². The van der Waals surface area contributed by atoms with Crippen molar-refractivity contribution < 1.29 is 9.90 Å². The van der Waals surface area contributed by atoms with Crippen molar-refractivity contribution in [1.82, 2.24) is 9.55 Å². The molecular formula is C22H24N2O2. The molecule has 0 saturated carbocycles. The monoisotopic (exact) mass is 348 g/mol. The number of aromatic nitrogens is 2. The molecular weight excluding hydrogens is 324 g/mol. The molecule has 0 unspecified atom stereocenters. The van der Waals surface area contributed by atoms with Crippen LogP contribution in [0.5, 0.6) is 0 Å². The van der Waals surface area contributed by atoms with Gasteiger partial charge in [0.25, 0.3) is 0 Å². The SMILES string of the molecule is Cn1c(-c2cccnc2)c(CCCCC/C=C/C(=O)O)c2ccccc21. The van der Waals surface area contributed by atoms with Crippen LogP contribution in [0, 0.1) is 0 Å². The highest BCUT2D eigenvalue weighted by Crippen LogP contribution is 2.33. The molecule has 2 heterocycles. The molecule has 0 spiro atoms. The maximum absolute atomic E-state index is 10.5. The van der Waals surface area contributed by atoms with Crippen molar-refractivity contribution in [2.24, 2.45) is 7.05 Å². The first-order chi connectivity index (χ1) is 12.7. The Labute approximate surface area is 153 Å². The molecule has 1 N–H and O–H groups in total. The first-order valence-corrected chi connectivity index (χ1v) is 9.04. The van der Waals surface area contributed by atoms with Gasteiger partial charge >= 0.3 is 5.97 Å². The summed E-state index contributed by atoms with van der Waals surface area (Å²) in [4.78, 5) is 14.8. The van der Waals surface area contributed by atoms with E-state index in [0.717, 1.165) is 37.7 Å². The summed E-state index contributed by atoms with van der Waals surface area (Å²) in [5.41, 5.74) is 5.00. The van der Waals surface area contributed by atoms with Crippen molar-refractivity contribution in [3.8, 4) is 11.3 Å². The van der Waals surface area contributed by atoms with Gasteiger partial charge in [0.1, 0.15) is 0 Å². The normalized spacial score (nSPS) is 11.4. The highest BCUT2D eigenvalue weighted by molar-refractivity contribution is 5.91. The lowest BCUT2D eigenvalue weighted by molar-refractivity contribution is -0.131. The molecule has 3 rings (SSSR count). The molecule has 4 heteroatoms. The molecule has 4 nitrogen and oxygen atoms in total. The number of nitrogens with zero attached hydrogens (tertiary/aromatic N) is 2. The molecule has 0 radical (unpaired) electrons. The number of carbonyl (C=O) groups is 1. The van der Waals surface area contributed by atoms with Gasteiger partial charge in [0.05, 0.1) is 5.69 Å². The van der Waals surface area contributed by atoms with Gasteiger partial charge in [-0.3, -0.25) is 4.98 Å². The largest absolute Gasteiger partial charge is 0.478 e. The fourth-order valence-corrected chi connectivity index (χ4v) is 3.52. The Kier molecular flexibility index (Phi) is 5.84. The van der Waals surface area contributed by atoms with E-state index in [-0.39, 0.29) is 0 Å². The average Bonchev–Trinajstić information content (AvgIpc) is 2.94. The summed E-state index contributed by atoms with van der Waals surface area (Å²) in [5.74, 6) is -0.873. The van der Waals surface area contributed by atoms with Crippen molar-refractivity contribution >= 4 is 16.9 Å². The van der Waals surface area contributed by atoms with E-state index in [9.17, 15) is 4.79 Å². The van der Waals surface area contributed by atoms with E-state index in [4.69, 9.17) is 5.11 Å². The smallest absolute Gasteiger partial charge is 0.327 e. The van der Waals surface area contributed by atoms with E-state index in [1.165, 1.54) is 28.2 Å². The van der Waals surface area contributed by atoms with Gasteiger partial charge < -0.3 is 9.67 Å². The summed E-state index contributed by atoms with van der Waals surface area (Å²) < 4.78 is 2.26. The molecule has 3 aromatic rings. The fourth-order valence-electron chi connectivity index (χ4n) is 3.52. The lowest BCUT2D eigenvalue weighted by atomic mass is 10.00. The van der Waals surface area contributed by atoms with Crippen LogP contribution in [-0.4, -0.2) is 20.6 Å². The van der Waals surface area contributed by atoms with Crippen molar-refractivity contribution in [2.75, 3.05) is 0 Å². The molecule has 26 heavy (non-hydrogen) atoms. The predicted molar refractivity (Wildman–Crippen MR) is 105 cm³/mol. The van der Waals surface area contributed by atoms with Gasteiger partial charge in [-0.25, -0.2) is 4.79 Å². The van der Waals surface area contributed by atoms with Gasteiger partial charge in [-0.05, 0) is 49.4 Å². The van der Waals surface area contributed by atoms with Gasteiger partial charge in [0, 0.05) is 42.0 Å². The van der Waals surface area contributed by atoms with E-state index in [0.29, 0.717) is 0 Å². The van der Waals surface area contributed by atoms with Crippen LogP contribution in [-0.2, 0) is 18.3 Å². The summed E-state index contributed by atoms with van der Waals surface area (Å²) >= 11 is 0. The molecule has 0 saturated heterocycles. The van der Waals surface area contributed by atoms with Gasteiger partial charge in [-0.15, -0.1) is 0 Å². The highest BCUT2D eigenvalue weighted by Gasteiger charge is 2.15. The van der Waals surface area contributed by atoms with Crippen LogP contribution in [0.3, 0.4) is 0 Å². The highest BCUT2D eigenvalue weighted by atomic mass is 16.4. The van der Waals surface area contributed by atoms with Crippen molar-refractivity contribution in [1.29, 1.82) is 0 Å². The number of hydrogen-bond acceptors (Lipinski definition) is 2. The molecule has 1 aromatic carbocycles. The second-order valence-electron chi connectivity index (χ2n) is 6.48. The number of aryl methyl sites for hydroxylation is 2. The topological polar surface area (TPSA) is 55.1 Å². The number of rotatable bonds is 8. The third-order valence-corrected chi connectivity index (χ3v) is 4.70. The number of unbranched alkanes of at least 4 members (excludes halogenated alkanes) is 3. The summed E-state index contributed by atoms with van der Waals surface area (Å²) in [6.07, 6.45) is 11.7. The first kappa shape index (κ1) is 17.9. The molecule has 0 fully saturated rings. The van der Waals surface area contributed by atoms with Crippen LogP contribution in [0.2, 0.25) is 0 Å². The van der Waals surface area contributed by atoms with Gasteiger partial charge in [-0.2, -0.15) is 0 Å². The third-order valence-electron chi connectivity index (χ3n) is 4.70. The van der Waals surface area contributed by atoms with Gasteiger partial charge in [0.2, 0.25) is 0 Å². The third kappa shape index (κ3) is 4.02. The number of allylic oxidation sites excluding steroid dienone is 1. The Hall–Kier alpha value is -2.88. The molecule has 0 amide bonds.